The summed E-state index contributed by atoms with van der Waals surface area (Å²) in [4.78, 5) is 41.1. The number of esters is 2. The predicted octanol–water partition coefficient (Wildman–Crippen LogP) is 2.74. The van der Waals surface area contributed by atoms with Gasteiger partial charge in [0.2, 0.25) is 0 Å². The molecule has 4 unspecified atom stereocenters. The molecular weight excluding hydrogens is 445 g/mol. The summed E-state index contributed by atoms with van der Waals surface area (Å²) in [6.07, 6.45) is -1.39. The molecule has 0 spiro atoms. The van der Waals surface area contributed by atoms with Crippen LogP contribution >= 0.6 is 0 Å². The minimum absolute atomic E-state index is 0.0118. The van der Waals surface area contributed by atoms with Gasteiger partial charge >= 0.3 is 17.6 Å². The van der Waals surface area contributed by atoms with E-state index in [1.54, 1.807) is 43.3 Å². The van der Waals surface area contributed by atoms with E-state index in [9.17, 15) is 14.4 Å². The molecule has 9 nitrogen and oxygen atoms in total. The van der Waals surface area contributed by atoms with Crippen LogP contribution in [0.25, 0.3) is 0 Å². The van der Waals surface area contributed by atoms with Gasteiger partial charge in [0.15, 0.2) is 12.7 Å². The molecule has 2 heterocycles. The first kappa shape index (κ1) is 23.1. The third-order valence-electron chi connectivity index (χ3n) is 5.45. The highest BCUT2D eigenvalue weighted by Gasteiger charge is 2.58. The Bertz CT molecular complexity index is 1240. The molecule has 1 fully saturated rings. The second-order valence-electron chi connectivity index (χ2n) is 7.83. The number of benzene rings is 2. The Morgan fingerprint density at radius 1 is 1.06 bits per heavy atom. The van der Waals surface area contributed by atoms with E-state index in [1.165, 1.54) is 36.5 Å². The molecule has 1 saturated heterocycles. The molecule has 0 aliphatic carbocycles. The Morgan fingerprint density at radius 2 is 1.65 bits per heavy atom. The second kappa shape index (κ2) is 9.44. The number of nitrogen functional groups attached to an aromatic ring is 1. The van der Waals surface area contributed by atoms with E-state index in [0.29, 0.717) is 0 Å². The molecule has 0 amide bonds. The quantitative estimate of drug-likeness (QED) is 0.549. The summed E-state index contributed by atoms with van der Waals surface area (Å²) < 4.78 is 33.4. The molecule has 0 bridgehead atoms. The van der Waals surface area contributed by atoms with Crippen LogP contribution in [-0.4, -0.2) is 40.1 Å². The maximum atomic E-state index is 16.2. The average Bonchev–Trinajstić information content (AvgIpc) is 3.09. The number of aromatic nitrogens is 2. The van der Waals surface area contributed by atoms with Crippen molar-refractivity contribution in [3.63, 3.8) is 0 Å². The number of hydrogen-bond acceptors (Lipinski definition) is 8. The minimum Gasteiger partial charge on any atom is -0.456 e. The minimum atomic E-state index is -2.74. The molecule has 10 heteroatoms. The third kappa shape index (κ3) is 4.67. The lowest BCUT2D eigenvalue weighted by Crippen LogP contribution is -2.44. The van der Waals surface area contributed by atoms with Crippen LogP contribution in [0.4, 0.5) is 10.2 Å². The number of carbonyl (C=O) groups excluding carboxylic acids is 2. The molecule has 2 aromatic carbocycles. The fourth-order valence-corrected chi connectivity index (χ4v) is 3.74. The lowest BCUT2D eigenvalue weighted by molar-refractivity contribution is -0.208. The number of halogens is 1. The van der Waals surface area contributed by atoms with Crippen molar-refractivity contribution in [1.82, 2.24) is 9.55 Å². The highest BCUT2D eigenvalue weighted by molar-refractivity contribution is 5.90. The van der Waals surface area contributed by atoms with Crippen molar-refractivity contribution in [3.05, 3.63) is 94.5 Å². The maximum Gasteiger partial charge on any atom is 0.351 e. The summed E-state index contributed by atoms with van der Waals surface area (Å²) in [6, 6.07) is 17.4. The van der Waals surface area contributed by atoms with Crippen molar-refractivity contribution in [3.8, 4) is 0 Å². The van der Waals surface area contributed by atoms with Crippen LogP contribution in [-0.2, 0) is 14.2 Å². The number of ether oxygens (including phenoxy) is 3. The molecule has 2 N–H and O–H groups in total. The van der Waals surface area contributed by atoms with Crippen molar-refractivity contribution in [2.24, 2.45) is 5.92 Å². The normalized spacial score (nSPS) is 23.9. The zero-order valence-electron chi connectivity index (χ0n) is 18.2. The Hall–Kier alpha value is -4.05. The van der Waals surface area contributed by atoms with Crippen molar-refractivity contribution < 1.29 is 28.2 Å². The number of alkyl halides is 1. The smallest absolute Gasteiger partial charge is 0.351 e. The monoisotopic (exact) mass is 467 g/mol. The maximum absolute atomic E-state index is 16.2. The average molecular weight is 467 g/mol. The number of anilines is 1. The van der Waals surface area contributed by atoms with Gasteiger partial charge in [-0.05, 0) is 30.3 Å². The van der Waals surface area contributed by atoms with Gasteiger partial charge in [-0.15, -0.1) is 0 Å². The van der Waals surface area contributed by atoms with Crippen LogP contribution in [0.1, 0.15) is 33.9 Å². The third-order valence-corrected chi connectivity index (χ3v) is 5.45. The van der Waals surface area contributed by atoms with E-state index in [1.807, 2.05) is 0 Å². The van der Waals surface area contributed by atoms with Crippen molar-refractivity contribution in [2.75, 3.05) is 12.3 Å². The summed E-state index contributed by atoms with van der Waals surface area (Å²) in [5.41, 5.74) is 5.19. The van der Waals surface area contributed by atoms with Crippen molar-refractivity contribution in [1.29, 1.82) is 0 Å². The zero-order chi connectivity index (χ0) is 24.3. The highest BCUT2D eigenvalue weighted by atomic mass is 19.2. The molecule has 0 saturated carbocycles. The van der Waals surface area contributed by atoms with Crippen LogP contribution in [0.2, 0.25) is 0 Å². The van der Waals surface area contributed by atoms with Crippen LogP contribution in [0.3, 0.4) is 0 Å². The van der Waals surface area contributed by atoms with Gasteiger partial charge in [0.05, 0.1) is 11.1 Å². The Morgan fingerprint density at radius 3 is 2.24 bits per heavy atom. The molecule has 1 aliphatic rings. The SMILES string of the molecule is CC1C(n2ccc(N)nc2=O)OC(F)(COC(=O)c2ccccc2)C1OC(=O)c1ccccc1. The molecule has 4 atom stereocenters. The van der Waals surface area contributed by atoms with Crippen LogP contribution < -0.4 is 11.4 Å². The van der Waals surface area contributed by atoms with Crippen LogP contribution in [0, 0.1) is 5.92 Å². The van der Waals surface area contributed by atoms with E-state index in [4.69, 9.17) is 19.9 Å². The summed E-state index contributed by atoms with van der Waals surface area (Å²) in [7, 11) is 0. The van der Waals surface area contributed by atoms with Gasteiger partial charge in [-0.1, -0.05) is 43.3 Å². The van der Waals surface area contributed by atoms with E-state index in [0.717, 1.165) is 4.57 Å². The van der Waals surface area contributed by atoms with Crippen LogP contribution in [0.15, 0.2) is 77.7 Å². The van der Waals surface area contributed by atoms with Gasteiger partial charge < -0.3 is 19.9 Å². The Balaban J connectivity index is 1.62. The summed E-state index contributed by atoms with van der Waals surface area (Å²) in [5, 5.41) is 0. The van der Waals surface area contributed by atoms with Gasteiger partial charge in [0.1, 0.15) is 12.0 Å². The van der Waals surface area contributed by atoms with E-state index in [2.05, 4.69) is 4.98 Å². The first-order valence-electron chi connectivity index (χ1n) is 10.5. The first-order chi connectivity index (χ1) is 16.3. The summed E-state index contributed by atoms with van der Waals surface area (Å²) in [6.45, 7) is 0.683. The van der Waals surface area contributed by atoms with Gasteiger partial charge in [0, 0.05) is 12.1 Å². The van der Waals surface area contributed by atoms with Gasteiger partial charge in [-0.25, -0.2) is 18.8 Å². The molecule has 176 valence electrons. The van der Waals surface area contributed by atoms with Crippen molar-refractivity contribution in [2.45, 2.75) is 25.1 Å². The number of carbonyl (C=O) groups is 2. The largest absolute Gasteiger partial charge is 0.456 e. The molecule has 34 heavy (non-hydrogen) atoms. The summed E-state index contributed by atoms with van der Waals surface area (Å²) in [5.74, 6) is -5.17. The molecule has 3 aromatic rings. The molecule has 1 aromatic heterocycles. The number of rotatable bonds is 6. The highest BCUT2D eigenvalue weighted by Crippen LogP contribution is 2.44. The molecule has 0 radical (unpaired) electrons. The van der Waals surface area contributed by atoms with Crippen molar-refractivity contribution >= 4 is 17.8 Å². The fourth-order valence-electron chi connectivity index (χ4n) is 3.74. The van der Waals surface area contributed by atoms with E-state index < -0.39 is 48.3 Å². The zero-order valence-corrected chi connectivity index (χ0v) is 18.2. The van der Waals surface area contributed by atoms with Gasteiger partial charge in [-0.3, -0.25) is 4.57 Å². The summed E-state index contributed by atoms with van der Waals surface area (Å²) >= 11 is 0. The Labute approximate surface area is 193 Å². The number of nitrogens with two attached hydrogens (primary N) is 1. The Kier molecular flexibility index (Phi) is 6.42. The number of hydrogen-bond donors (Lipinski definition) is 1. The first-order valence-corrected chi connectivity index (χ1v) is 10.5. The van der Waals surface area contributed by atoms with Gasteiger partial charge in [0.25, 0.3) is 5.85 Å². The standard InChI is InChI=1S/C24H22FN3O6/c1-15-19(33-22(30)17-10-6-3-7-11-17)24(25,14-32-21(29)16-8-4-2-5-9-16)34-20(15)28-13-12-18(26)27-23(28)31/h2-13,15,19-20H,14H2,1H3,(H2,26,27,31). The van der Waals surface area contributed by atoms with Crippen LogP contribution in [0.5, 0.6) is 0 Å². The molecular formula is C24H22FN3O6. The lowest BCUT2D eigenvalue weighted by Gasteiger charge is -2.26. The molecule has 4 rings (SSSR count). The topological polar surface area (TPSA) is 123 Å². The van der Waals surface area contributed by atoms with E-state index in [-0.39, 0.29) is 16.9 Å². The predicted molar refractivity (Wildman–Crippen MR) is 118 cm³/mol. The number of nitrogens with zero attached hydrogens (tertiary/aromatic N) is 2. The lowest BCUT2D eigenvalue weighted by atomic mass is 10.00. The van der Waals surface area contributed by atoms with E-state index >= 15 is 4.39 Å². The molecule has 1 aliphatic heterocycles. The van der Waals surface area contributed by atoms with Gasteiger partial charge in [-0.2, -0.15) is 4.98 Å². The second-order valence-corrected chi connectivity index (χ2v) is 7.83. The fraction of sp³-hybridized carbons (Fsp3) is 0.250.